The zero-order valence-corrected chi connectivity index (χ0v) is 18.0. The van der Waals surface area contributed by atoms with Gasteiger partial charge in [0.2, 0.25) is 11.8 Å². The molecule has 8 heteroatoms. The van der Waals surface area contributed by atoms with Gasteiger partial charge in [0.25, 0.3) is 0 Å². The fraction of sp³-hybridized carbons (Fsp3) is 0.400. The minimum atomic E-state index is -0.423. The van der Waals surface area contributed by atoms with Gasteiger partial charge in [0.05, 0.1) is 5.25 Å². The largest absolute Gasteiger partial charge is 0.325 e. The standard InChI is InChI=1S/C20H24N4O2S2/c1-12(2)15-5-7-17(8-6-15)21-19(26)13(3)28-20-23-22-18(24(20)14(4)25)16-9-10-27-11-16/h5-10,12-13,16H,11H2,1-4H3,(H,21,26). The smallest absolute Gasteiger partial charge is 0.237 e. The first-order chi connectivity index (χ1) is 13.4. The molecule has 1 aromatic heterocycles. The minimum Gasteiger partial charge on any atom is -0.325 e. The maximum Gasteiger partial charge on any atom is 0.237 e. The first-order valence-corrected chi connectivity index (χ1v) is 11.1. The van der Waals surface area contributed by atoms with Crippen molar-refractivity contribution in [3.05, 3.63) is 47.1 Å². The topological polar surface area (TPSA) is 76.9 Å². The number of carbonyl (C=O) groups excluding carboxylic acids is 2. The lowest BCUT2D eigenvalue weighted by molar-refractivity contribution is -0.115. The van der Waals surface area contributed by atoms with Crippen molar-refractivity contribution in [3.8, 4) is 0 Å². The van der Waals surface area contributed by atoms with Crippen LogP contribution in [0.3, 0.4) is 0 Å². The number of hydrogen-bond acceptors (Lipinski definition) is 6. The number of hydrogen-bond donors (Lipinski definition) is 1. The number of anilines is 1. The first kappa shape index (κ1) is 20.7. The summed E-state index contributed by atoms with van der Waals surface area (Å²) in [5.74, 6) is 1.70. The summed E-state index contributed by atoms with van der Waals surface area (Å²) in [6.07, 6.45) is 2.03. The zero-order chi connectivity index (χ0) is 20.3. The van der Waals surface area contributed by atoms with Crippen LogP contribution in [0.5, 0.6) is 0 Å². The van der Waals surface area contributed by atoms with Crippen LogP contribution in [0.25, 0.3) is 0 Å². The molecule has 2 heterocycles. The minimum absolute atomic E-state index is 0.0688. The third-order valence-corrected chi connectivity index (χ3v) is 6.43. The molecule has 0 aliphatic carbocycles. The second-order valence-electron chi connectivity index (χ2n) is 6.99. The zero-order valence-electron chi connectivity index (χ0n) is 16.4. The summed E-state index contributed by atoms with van der Waals surface area (Å²) >= 11 is 2.92. The molecule has 1 amide bonds. The second-order valence-corrected chi connectivity index (χ2v) is 9.24. The fourth-order valence-corrected chi connectivity index (χ4v) is 4.60. The van der Waals surface area contributed by atoms with E-state index in [4.69, 9.17) is 0 Å². The molecule has 0 bridgehead atoms. The van der Waals surface area contributed by atoms with E-state index in [-0.39, 0.29) is 17.7 Å². The van der Waals surface area contributed by atoms with Gasteiger partial charge in [-0.25, -0.2) is 4.57 Å². The number of nitrogens with zero attached hydrogens (tertiary/aromatic N) is 3. The van der Waals surface area contributed by atoms with Crippen molar-refractivity contribution >= 4 is 41.0 Å². The molecule has 0 spiro atoms. The highest BCUT2D eigenvalue weighted by molar-refractivity contribution is 8.02. The van der Waals surface area contributed by atoms with E-state index in [1.807, 2.05) is 35.7 Å². The Morgan fingerprint density at radius 1 is 1.21 bits per heavy atom. The van der Waals surface area contributed by atoms with Gasteiger partial charge in [-0.2, -0.15) is 0 Å². The summed E-state index contributed by atoms with van der Waals surface area (Å²) in [6.45, 7) is 7.55. The highest BCUT2D eigenvalue weighted by atomic mass is 32.2. The summed E-state index contributed by atoms with van der Waals surface area (Å²) < 4.78 is 1.52. The van der Waals surface area contributed by atoms with Crippen LogP contribution >= 0.6 is 23.5 Å². The molecule has 28 heavy (non-hydrogen) atoms. The van der Waals surface area contributed by atoms with Crippen molar-refractivity contribution in [2.45, 2.75) is 49.9 Å². The van der Waals surface area contributed by atoms with Crippen LogP contribution in [-0.2, 0) is 4.79 Å². The molecule has 6 nitrogen and oxygen atoms in total. The van der Waals surface area contributed by atoms with Crippen LogP contribution in [0.1, 0.15) is 55.7 Å². The van der Waals surface area contributed by atoms with Gasteiger partial charge in [0.1, 0.15) is 5.82 Å². The highest BCUT2D eigenvalue weighted by Gasteiger charge is 2.26. The molecule has 0 saturated heterocycles. The van der Waals surface area contributed by atoms with E-state index in [1.165, 1.54) is 28.8 Å². The molecule has 1 aliphatic heterocycles. The summed E-state index contributed by atoms with van der Waals surface area (Å²) in [5.41, 5.74) is 1.98. The van der Waals surface area contributed by atoms with E-state index in [0.29, 0.717) is 16.9 Å². The third kappa shape index (κ3) is 4.67. The Bertz CT molecular complexity index is 890. The van der Waals surface area contributed by atoms with Gasteiger partial charge in [-0.15, -0.1) is 22.0 Å². The van der Waals surface area contributed by atoms with Crippen LogP contribution in [0, 0.1) is 0 Å². The van der Waals surface area contributed by atoms with Crippen molar-refractivity contribution in [3.63, 3.8) is 0 Å². The van der Waals surface area contributed by atoms with E-state index >= 15 is 0 Å². The van der Waals surface area contributed by atoms with Crippen LogP contribution in [-0.4, -0.2) is 37.6 Å². The molecule has 0 fully saturated rings. The Kier molecular flexibility index (Phi) is 6.61. The summed E-state index contributed by atoms with van der Waals surface area (Å²) in [6, 6.07) is 7.85. The predicted octanol–water partition coefficient (Wildman–Crippen LogP) is 4.53. The summed E-state index contributed by atoms with van der Waals surface area (Å²) in [7, 11) is 0. The van der Waals surface area contributed by atoms with E-state index in [9.17, 15) is 9.59 Å². The molecular weight excluding hydrogens is 392 g/mol. The number of aromatic nitrogens is 3. The van der Waals surface area contributed by atoms with Crippen LogP contribution in [0.2, 0.25) is 0 Å². The average molecular weight is 417 g/mol. The molecule has 1 aliphatic rings. The quantitative estimate of drug-likeness (QED) is 0.698. The lowest BCUT2D eigenvalue weighted by Gasteiger charge is -2.14. The number of amides is 1. The Labute approximate surface area is 173 Å². The molecule has 1 N–H and O–H groups in total. The Hall–Kier alpha value is -2.06. The van der Waals surface area contributed by atoms with Crippen molar-refractivity contribution in [2.24, 2.45) is 0 Å². The van der Waals surface area contributed by atoms with E-state index in [2.05, 4.69) is 29.4 Å². The van der Waals surface area contributed by atoms with Crippen molar-refractivity contribution < 1.29 is 9.59 Å². The number of allylic oxidation sites excluding steroid dienone is 1. The van der Waals surface area contributed by atoms with Gasteiger partial charge in [0, 0.05) is 24.3 Å². The molecule has 2 atom stereocenters. The first-order valence-electron chi connectivity index (χ1n) is 9.18. The Morgan fingerprint density at radius 2 is 1.93 bits per heavy atom. The monoisotopic (exact) mass is 416 g/mol. The maximum absolute atomic E-state index is 12.6. The molecule has 3 rings (SSSR count). The van der Waals surface area contributed by atoms with Crippen LogP contribution in [0.4, 0.5) is 5.69 Å². The Morgan fingerprint density at radius 3 is 2.50 bits per heavy atom. The van der Waals surface area contributed by atoms with Gasteiger partial charge in [0.15, 0.2) is 5.16 Å². The van der Waals surface area contributed by atoms with Crippen LogP contribution < -0.4 is 5.32 Å². The molecule has 2 unspecified atom stereocenters. The van der Waals surface area contributed by atoms with Gasteiger partial charge >= 0.3 is 0 Å². The average Bonchev–Trinajstić information content (AvgIpc) is 3.31. The molecule has 148 valence electrons. The van der Waals surface area contributed by atoms with Gasteiger partial charge in [-0.1, -0.05) is 43.8 Å². The lowest BCUT2D eigenvalue weighted by Crippen LogP contribution is -2.23. The third-order valence-electron chi connectivity index (χ3n) is 4.48. The molecule has 2 aromatic rings. The number of rotatable bonds is 6. The Balaban J connectivity index is 1.70. The second kappa shape index (κ2) is 8.96. The highest BCUT2D eigenvalue weighted by Crippen LogP contribution is 2.31. The number of nitrogens with one attached hydrogen (secondary N) is 1. The van der Waals surface area contributed by atoms with Gasteiger partial charge in [-0.3, -0.25) is 9.59 Å². The summed E-state index contributed by atoms with van der Waals surface area (Å²) in [4.78, 5) is 24.8. The molecule has 1 aromatic carbocycles. The SMILES string of the molecule is CC(=O)n1c(SC(C)C(=O)Nc2ccc(C(C)C)cc2)nnc1C1C=CSC1. The van der Waals surface area contributed by atoms with Crippen LogP contribution in [0.15, 0.2) is 40.9 Å². The maximum atomic E-state index is 12.6. The van der Waals surface area contributed by atoms with Crippen molar-refractivity contribution in [2.75, 3.05) is 11.1 Å². The normalized spacial score (nSPS) is 17.1. The van der Waals surface area contributed by atoms with E-state index in [0.717, 1.165) is 11.4 Å². The molecular formula is C20H24N4O2S2. The fourth-order valence-electron chi connectivity index (χ4n) is 2.83. The van der Waals surface area contributed by atoms with E-state index in [1.54, 1.807) is 18.7 Å². The summed E-state index contributed by atoms with van der Waals surface area (Å²) in [5, 5.41) is 13.4. The number of carbonyl (C=O) groups is 2. The van der Waals surface area contributed by atoms with Gasteiger partial charge < -0.3 is 5.32 Å². The molecule has 0 radical (unpaired) electrons. The number of thioether (sulfide) groups is 2. The van der Waals surface area contributed by atoms with Crippen molar-refractivity contribution in [1.29, 1.82) is 0 Å². The number of benzene rings is 1. The van der Waals surface area contributed by atoms with Crippen molar-refractivity contribution in [1.82, 2.24) is 14.8 Å². The van der Waals surface area contributed by atoms with E-state index < -0.39 is 5.25 Å². The van der Waals surface area contributed by atoms with Gasteiger partial charge in [-0.05, 0) is 35.9 Å². The molecule has 0 saturated carbocycles. The lowest BCUT2D eigenvalue weighted by atomic mass is 10.0. The predicted molar refractivity (Wildman–Crippen MR) is 115 cm³/mol.